The molecule has 2 aromatic heterocycles. The maximum atomic E-state index is 12.5. The first-order chi connectivity index (χ1) is 14.6. The van der Waals surface area contributed by atoms with Gasteiger partial charge in [0.2, 0.25) is 0 Å². The van der Waals surface area contributed by atoms with E-state index in [9.17, 15) is 4.79 Å². The molecule has 30 heavy (non-hydrogen) atoms. The fourth-order valence-corrected chi connectivity index (χ4v) is 3.70. The van der Waals surface area contributed by atoms with Gasteiger partial charge in [-0.3, -0.25) is 9.89 Å². The number of nitrogens with one attached hydrogen (secondary N) is 2. The molecule has 1 aliphatic rings. The average molecular weight is 425 g/mol. The summed E-state index contributed by atoms with van der Waals surface area (Å²) in [5.41, 5.74) is 2.89. The molecule has 4 rings (SSSR count). The van der Waals surface area contributed by atoms with Crippen molar-refractivity contribution in [3.63, 3.8) is 0 Å². The molecule has 0 radical (unpaired) electrons. The van der Waals surface area contributed by atoms with Gasteiger partial charge in [0.25, 0.3) is 5.91 Å². The number of aromatic nitrogens is 3. The molecule has 1 fully saturated rings. The largest absolute Gasteiger partial charge is 0.354 e. The molecule has 0 spiro atoms. The lowest BCUT2D eigenvalue weighted by Gasteiger charge is -2.34. The lowest BCUT2D eigenvalue weighted by molar-refractivity contribution is 0.0946. The van der Waals surface area contributed by atoms with Crippen molar-refractivity contribution in [1.29, 1.82) is 0 Å². The predicted octanol–water partition coefficient (Wildman–Crippen LogP) is 3.20. The number of likely N-dealkylation sites (N-methyl/N-ethyl adjacent to an activating group) is 1. The van der Waals surface area contributed by atoms with Gasteiger partial charge in [-0.2, -0.15) is 5.10 Å². The fourth-order valence-electron chi connectivity index (χ4n) is 3.51. The topological polar surface area (TPSA) is 77.1 Å². The van der Waals surface area contributed by atoms with Gasteiger partial charge in [0.1, 0.15) is 11.5 Å². The summed E-state index contributed by atoms with van der Waals surface area (Å²) in [6, 6.07) is 13.1. The zero-order valence-corrected chi connectivity index (χ0v) is 17.7. The third kappa shape index (κ3) is 4.80. The first kappa shape index (κ1) is 20.4. The lowest BCUT2D eigenvalue weighted by Crippen LogP contribution is -2.46. The zero-order chi connectivity index (χ0) is 20.9. The number of pyridine rings is 1. The van der Waals surface area contributed by atoms with Crippen molar-refractivity contribution in [2.75, 3.05) is 37.6 Å². The molecule has 1 saturated heterocycles. The Labute approximate surface area is 181 Å². The minimum absolute atomic E-state index is 0.212. The van der Waals surface area contributed by atoms with Gasteiger partial charge >= 0.3 is 0 Å². The molecule has 1 aliphatic heterocycles. The number of hydrogen-bond donors (Lipinski definition) is 2. The third-order valence-electron chi connectivity index (χ3n) is 5.35. The van der Waals surface area contributed by atoms with Crippen LogP contribution in [0.3, 0.4) is 0 Å². The van der Waals surface area contributed by atoms with Crippen LogP contribution in [0.25, 0.3) is 11.3 Å². The van der Waals surface area contributed by atoms with E-state index in [0.29, 0.717) is 23.0 Å². The highest BCUT2D eigenvalue weighted by Crippen LogP contribution is 2.21. The molecule has 7 nitrogen and oxygen atoms in total. The molecular weight excluding hydrogens is 400 g/mol. The molecule has 0 aliphatic carbocycles. The van der Waals surface area contributed by atoms with E-state index in [-0.39, 0.29) is 5.91 Å². The predicted molar refractivity (Wildman–Crippen MR) is 119 cm³/mol. The van der Waals surface area contributed by atoms with Crippen LogP contribution in [0.5, 0.6) is 0 Å². The van der Waals surface area contributed by atoms with Gasteiger partial charge in [-0.25, -0.2) is 4.98 Å². The summed E-state index contributed by atoms with van der Waals surface area (Å²) < 4.78 is 0. The number of piperazine rings is 1. The molecule has 0 atom stereocenters. The van der Waals surface area contributed by atoms with Crippen LogP contribution in [0.4, 0.5) is 5.82 Å². The number of hydrogen-bond acceptors (Lipinski definition) is 5. The highest BCUT2D eigenvalue weighted by atomic mass is 35.5. The molecule has 2 N–H and O–H groups in total. The molecule has 1 amide bonds. The van der Waals surface area contributed by atoms with E-state index in [4.69, 9.17) is 11.6 Å². The van der Waals surface area contributed by atoms with E-state index < -0.39 is 0 Å². The number of halogens is 1. The maximum absolute atomic E-state index is 12.5. The standard InChI is InChI=1S/C22H25ClN6O/c1-2-28-8-10-29(11-9-28)21-7-6-16(14-24-21)15-25-22(30)20-13-19(26-27-20)17-4-3-5-18(23)12-17/h3-7,12-14H,2,8-11,15H2,1H3,(H,25,30)(H,26,27). The molecule has 3 aromatic rings. The van der Waals surface area contributed by atoms with Gasteiger partial charge in [-0.15, -0.1) is 0 Å². The Hall–Kier alpha value is -2.90. The maximum Gasteiger partial charge on any atom is 0.269 e. The average Bonchev–Trinajstić information content (AvgIpc) is 3.28. The van der Waals surface area contributed by atoms with E-state index in [2.05, 4.69) is 37.2 Å². The minimum atomic E-state index is -0.212. The normalized spacial score (nSPS) is 14.7. The van der Waals surface area contributed by atoms with E-state index in [1.807, 2.05) is 36.5 Å². The molecule has 0 saturated carbocycles. The summed E-state index contributed by atoms with van der Waals surface area (Å²) >= 11 is 6.03. The molecule has 8 heteroatoms. The SMILES string of the molecule is CCN1CCN(c2ccc(CNC(=O)c3cc(-c4cccc(Cl)c4)n[nH]3)cn2)CC1. The quantitative estimate of drug-likeness (QED) is 0.635. The summed E-state index contributed by atoms with van der Waals surface area (Å²) in [7, 11) is 0. The Balaban J connectivity index is 1.32. The number of H-pyrrole nitrogens is 1. The Bertz CT molecular complexity index is 995. The fraction of sp³-hybridized carbons (Fsp3) is 0.318. The van der Waals surface area contributed by atoms with Crippen LogP contribution in [-0.2, 0) is 6.54 Å². The van der Waals surface area contributed by atoms with Crippen LogP contribution in [0.15, 0.2) is 48.7 Å². The number of rotatable bonds is 6. The second-order valence-electron chi connectivity index (χ2n) is 7.31. The molecule has 1 aromatic carbocycles. The van der Waals surface area contributed by atoms with Crippen LogP contribution >= 0.6 is 11.6 Å². The van der Waals surface area contributed by atoms with Crippen LogP contribution in [0.1, 0.15) is 23.0 Å². The number of amides is 1. The second-order valence-corrected chi connectivity index (χ2v) is 7.74. The number of anilines is 1. The molecule has 0 unspecified atom stereocenters. The van der Waals surface area contributed by atoms with Crippen molar-refractivity contribution >= 4 is 23.3 Å². The number of benzene rings is 1. The first-order valence-corrected chi connectivity index (χ1v) is 10.5. The van der Waals surface area contributed by atoms with Crippen molar-refractivity contribution in [2.24, 2.45) is 0 Å². The number of aromatic amines is 1. The van der Waals surface area contributed by atoms with E-state index in [1.54, 1.807) is 12.1 Å². The highest BCUT2D eigenvalue weighted by Gasteiger charge is 2.16. The molecule has 3 heterocycles. The molecule has 156 valence electrons. The van der Waals surface area contributed by atoms with Crippen molar-refractivity contribution < 1.29 is 4.79 Å². The first-order valence-electron chi connectivity index (χ1n) is 10.1. The van der Waals surface area contributed by atoms with Gasteiger partial charge in [-0.1, -0.05) is 36.7 Å². The Morgan fingerprint density at radius 1 is 1.17 bits per heavy atom. The summed E-state index contributed by atoms with van der Waals surface area (Å²) in [5.74, 6) is 0.774. The van der Waals surface area contributed by atoms with Gasteiger partial charge < -0.3 is 15.1 Å². The number of carbonyl (C=O) groups excluding carboxylic acids is 1. The lowest BCUT2D eigenvalue weighted by atomic mass is 10.1. The van der Waals surface area contributed by atoms with Crippen LogP contribution in [0, 0.1) is 0 Å². The van der Waals surface area contributed by atoms with Gasteiger partial charge in [0.15, 0.2) is 0 Å². The highest BCUT2D eigenvalue weighted by molar-refractivity contribution is 6.30. The number of nitrogens with zero attached hydrogens (tertiary/aromatic N) is 4. The minimum Gasteiger partial charge on any atom is -0.354 e. The Morgan fingerprint density at radius 2 is 2.00 bits per heavy atom. The Morgan fingerprint density at radius 3 is 2.70 bits per heavy atom. The Kier molecular flexibility index (Phi) is 6.30. The van der Waals surface area contributed by atoms with E-state index >= 15 is 0 Å². The van der Waals surface area contributed by atoms with Crippen LogP contribution in [-0.4, -0.2) is 58.7 Å². The van der Waals surface area contributed by atoms with Crippen molar-refractivity contribution in [1.82, 2.24) is 25.4 Å². The smallest absolute Gasteiger partial charge is 0.269 e. The van der Waals surface area contributed by atoms with Crippen LogP contribution < -0.4 is 10.2 Å². The monoisotopic (exact) mass is 424 g/mol. The zero-order valence-electron chi connectivity index (χ0n) is 16.9. The summed E-state index contributed by atoms with van der Waals surface area (Å²) in [5, 5.41) is 10.5. The summed E-state index contributed by atoms with van der Waals surface area (Å²) in [6.07, 6.45) is 1.83. The third-order valence-corrected chi connectivity index (χ3v) is 5.58. The van der Waals surface area contributed by atoms with E-state index in [1.165, 1.54) is 0 Å². The summed E-state index contributed by atoms with van der Waals surface area (Å²) in [4.78, 5) is 21.8. The van der Waals surface area contributed by atoms with Crippen molar-refractivity contribution in [3.05, 3.63) is 64.9 Å². The van der Waals surface area contributed by atoms with Crippen molar-refractivity contribution in [2.45, 2.75) is 13.5 Å². The second kappa shape index (κ2) is 9.28. The van der Waals surface area contributed by atoms with Gasteiger partial charge in [-0.05, 0) is 36.4 Å². The molecular formula is C22H25ClN6O. The van der Waals surface area contributed by atoms with E-state index in [0.717, 1.165) is 49.7 Å². The molecule has 0 bridgehead atoms. The number of carbonyl (C=O) groups is 1. The van der Waals surface area contributed by atoms with Gasteiger partial charge in [0.05, 0.1) is 5.69 Å². The van der Waals surface area contributed by atoms with Gasteiger partial charge in [0, 0.05) is 49.5 Å². The van der Waals surface area contributed by atoms with Crippen LogP contribution in [0.2, 0.25) is 5.02 Å². The van der Waals surface area contributed by atoms with Crippen molar-refractivity contribution in [3.8, 4) is 11.3 Å². The summed E-state index contributed by atoms with van der Waals surface area (Å²) in [6.45, 7) is 7.81.